The summed E-state index contributed by atoms with van der Waals surface area (Å²) in [5.74, 6) is 0.615. The number of aromatic nitrogens is 1. The second-order valence-electron chi connectivity index (χ2n) is 5.85. The topological polar surface area (TPSA) is 58.4 Å². The van der Waals surface area contributed by atoms with Crippen LogP contribution in [-0.4, -0.2) is 41.1 Å². The summed E-state index contributed by atoms with van der Waals surface area (Å²) in [7, 11) is 2.09. The summed E-state index contributed by atoms with van der Waals surface area (Å²) < 4.78 is 5.21. The van der Waals surface area contributed by atoms with E-state index in [2.05, 4.69) is 43.2 Å². The van der Waals surface area contributed by atoms with Crippen molar-refractivity contribution in [1.82, 2.24) is 15.4 Å². The van der Waals surface area contributed by atoms with Crippen LogP contribution in [0.5, 0.6) is 0 Å². The van der Waals surface area contributed by atoms with Crippen LogP contribution in [0.25, 0.3) is 0 Å². The van der Waals surface area contributed by atoms with E-state index in [4.69, 9.17) is 4.52 Å². The summed E-state index contributed by atoms with van der Waals surface area (Å²) >= 11 is 0. The quantitative estimate of drug-likeness (QED) is 0.840. The Morgan fingerprint density at radius 2 is 2.05 bits per heavy atom. The van der Waals surface area contributed by atoms with Gasteiger partial charge >= 0.3 is 0 Å². The summed E-state index contributed by atoms with van der Waals surface area (Å²) in [6, 6.07) is 0.0149. The Labute approximate surface area is 128 Å². The number of carbonyl (C=O) groups excluding carboxylic acids is 1. The van der Waals surface area contributed by atoms with E-state index in [-0.39, 0.29) is 17.5 Å². The molecule has 5 nitrogen and oxygen atoms in total. The molecule has 1 heterocycles. The van der Waals surface area contributed by atoms with Gasteiger partial charge in [-0.1, -0.05) is 25.9 Å². The maximum absolute atomic E-state index is 12.4. The van der Waals surface area contributed by atoms with Crippen molar-refractivity contribution in [3.8, 4) is 0 Å². The van der Waals surface area contributed by atoms with Crippen LogP contribution in [0, 0.1) is 6.92 Å². The largest absolute Gasteiger partial charge is 0.360 e. The molecule has 0 fully saturated rings. The number of nitrogens with one attached hydrogen (secondary N) is 1. The molecular formula is C16H29N3O2. The van der Waals surface area contributed by atoms with Gasteiger partial charge in [-0.05, 0) is 40.8 Å². The van der Waals surface area contributed by atoms with E-state index in [1.54, 1.807) is 0 Å². The maximum Gasteiger partial charge on any atom is 0.274 e. The first-order chi connectivity index (χ1) is 9.81. The molecule has 0 bridgehead atoms. The van der Waals surface area contributed by atoms with Crippen molar-refractivity contribution in [2.75, 3.05) is 13.6 Å². The first kappa shape index (κ1) is 17.7. The fourth-order valence-electron chi connectivity index (χ4n) is 2.60. The molecule has 0 aromatic carbocycles. The van der Waals surface area contributed by atoms with Crippen molar-refractivity contribution in [2.24, 2.45) is 0 Å². The lowest BCUT2D eigenvalue weighted by atomic mass is 9.88. The number of hydrogen-bond donors (Lipinski definition) is 1. The molecule has 0 saturated carbocycles. The third-order valence-electron chi connectivity index (χ3n) is 4.90. The lowest BCUT2D eigenvalue weighted by Gasteiger charge is -2.42. The molecule has 1 aromatic heterocycles. The van der Waals surface area contributed by atoms with Gasteiger partial charge in [-0.25, -0.2) is 0 Å². The standard InChI is InChI=1S/C16H29N3O2/c1-8-13-11(4)14(18-21-13)15(20)17-12(5)16(6,9-2)19(7)10-3/h12H,8-10H2,1-7H3,(H,17,20). The molecule has 1 rings (SSSR count). The average molecular weight is 295 g/mol. The van der Waals surface area contributed by atoms with E-state index in [1.165, 1.54) is 0 Å². The Balaban J connectivity index is 2.88. The number of rotatable bonds is 7. The third-order valence-corrected chi connectivity index (χ3v) is 4.90. The van der Waals surface area contributed by atoms with Gasteiger partial charge in [0.05, 0.1) is 0 Å². The second kappa shape index (κ2) is 7.07. The van der Waals surface area contributed by atoms with Crippen LogP contribution in [-0.2, 0) is 6.42 Å². The van der Waals surface area contributed by atoms with Gasteiger partial charge in [0.2, 0.25) is 0 Å². The van der Waals surface area contributed by atoms with Crippen LogP contribution in [0.3, 0.4) is 0 Å². The zero-order valence-corrected chi connectivity index (χ0v) is 14.4. The number of amides is 1. The van der Waals surface area contributed by atoms with Gasteiger partial charge in [0.25, 0.3) is 5.91 Å². The Morgan fingerprint density at radius 3 is 2.48 bits per heavy atom. The van der Waals surface area contributed by atoms with Gasteiger partial charge in [0, 0.05) is 23.6 Å². The molecule has 5 heteroatoms. The van der Waals surface area contributed by atoms with Crippen molar-refractivity contribution < 1.29 is 9.32 Å². The second-order valence-corrected chi connectivity index (χ2v) is 5.85. The highest BCUT2D eigenvalue weighted by Crippen LogP contribution is 2.23. The zero-order valence-electron chi connectivity index (χ0n) is 14.4. The predicted molar refractivity (Wildman–Crippen MR) is 84.5 cm³/mol. The monoisotopic (exact) mass is 295 g/mol. The van der Waals surface area contributed by atoms with Crippen molar-refractivity contribution in [3.05, 3.63) is 17.0 Å². The van der Waals surface area contributed by atoms with Crippen LogP contribution in [0.2, 0.25) is 0 Å². The number of carbonyl (C=O) groups is 1. The molecule has 0 saturated heterocycles. The third kappa shape index (κ3) is 3.46. The average Bonchev–Trinajstić information content (AvgIpc) is 2.86. The SMILES string of the molecule is CCc1onc(C(=O)NC(C)C(C)(CC)N(C)CC)c1C. The van der Waals surface area contributed by atoms with Crippen LogP contribution in [0.15, 0.2) is 4.52 Å². The van der Waals surface area contributed by atoms with E-state index in [9.17, 15) is 4.79 Å². The summed E-state index contributed by atoms with van der Waals surface area (Å²) in [4.78, 5) is 14.7. The predicted octanol–water partition coefficient (Wildman–Crippen LogP) is 2.78. The molecule has 0 aliphatic heterocycles. The molecule has 2 unspecified atom stereocenters. The number of nitrogens with zero attached hydrogens (tertiary/aromatic N) is 2. The molecular weight excluding hydrogens is 266 g/mol. The number of likely N-dealkylation sites (N-methyl/N-ethyl adjacent to an activating group) is 1. The van der Waals surface area contributed by atoms with E-state index < -0.39 is 0 Å². The van der Waals surface area contributed by atoms with Gasteiger partial charge in [-0.15, -0.1) is 0 Å². The minimum atomic E-state index is -0.160. The fraction of sp³-hybridized carbons (Fsp3) is 0.750. The van der Waals surface area contributed by atoms with Crippen molar-refractivity contribution in [2.45, 2.75) is 66.0 Å². The maximum atomic E-state index is 12.4. The summed E-state index contributed by atoms with van der Waals surface area (Å²) in [6.07, 6.45) is 1.70. The molecule has 21 heavy (non-hydrogen) atoms. The lowest BCUT2D eigenvalue weighted by Crippen LogP contribution is -2.57. The zero-order chi connectivity index (χ0) is 16.2. The molecule has 0 aliphatic carbocycles. The minimum absolute atomic E-state index is 0.0149. The molecule has 2 atom stereocenters. The van der Waals surface area contributed by atoms with Gasteiger partial charge in [-0.3, -0.25) is 9.69 Å². The normalized spacial score (nSPS) is 15.8. The Kier molecular flexibility index (Phi) is 5.96. The molecule has 1 amide bonds. The van der Waals surface area contributed by atoms with E-state index in [1.807, 2.05) is 20.8 Å². The van der Waals surface area contributed by atoms with Crippen LogP contribution in [0.4, 0.5) is 0 Å². The molecule has 120 valence electrons. The fourth-order valence-corrected chi connectivity index (χ4v) is 2.60. The van der Waals surface area contributed by atoms with Gasteiger partial charge in [0.1, 0.15) is 5.76 Å². The first-order valence-electron chi connectivity index (χ1n) is 7.78. The van der Waals surface area contributed by atoms with Gasteiger partial charge in [0.15, 0.2) is 5.69 Å². The summed E-state index contributed by atoms with van der Waals surface area (Å²) in [5.41, 5.74) is 1.15. The molecule has 0 radical (unpaired) electrons. The molecule has 0 spiro atoms. The number of aryl methyl sites for hydroxylation is 1. The van der Waals surface area contributed by atoms with Crippen LogP contribution in [0.1, 0.15) is 62.9 Å². The van der Waals surface area contributed by atoms with E-state index in [0.29, 0.717) is 5.69 Å². The summed E-state index contributed by atoms with van der Waals surface area (Å²) in [5, 5.41) is 6.99. The van der Waals surface area contributed by atoms with Crippen LogP contribution < -0.4 is 5.32 Å². The van der Waals surface area contributed by atoms with Crippen molar-refractivity contribution in [3.63, 3.8) is 0 Å². The molecule has 0 aliphatic rings. The minimum Gasteiger partial charge on any atom is -0.360 e. The summed E-state index contributed by atoms with van der Waals surface area (Å²) in [6.45, 7) is 13.3. The van der Waals surface area contributed by atoms with Gasteiger partial charge < -0.3 is 9.84 Å². The Morgan fingerprint density at radius 1 is 1.43 bits per heavy atom. The Bertz CT molecular complexity index is 484. The Hall–Kier alpha value is -1.36. The highest BCUT2D eigenvalue weighted by atomic mass is 16.5. The van der Waals surface area contributed by atoms with E-state index in [0.717, 1.165) is 30.7 Å². The highest BCUT2D eigenvalue weighted by Gasteiger charge is 2.34. The number of hydrogen-bond acceptors (Lipinski definition) is 4. The lowest BCUT2D eigenvalue weighted by molar-refractivity contribution is 0.0753. The highest BCUT2D eigenvalue weighted by molar-refractivity contribution is 5.93. The molecule has 1 N–H and O–H groups in total. The van der Waals surface area contributed by atoms with Crippen LogP contribution >= 0.6 is 0 Å². The van der Waals surface area contributed by atoms with Crippen molar-refractivity contribution >= 4 is 5.91 Å². The molecule has 1 aromatic rings. The first-order valence-corrected chi connectivity index (χ1v) is 7.78. The van der Waals surface area contributed by atoms with Crippen molar-refractivity contribution in [1.29, 1.82) is 0 Å². The smallest absolute Gasteiger partial charge is 0.274 e. The van der Waals surface area contributed by atoms with Gasteiger partial charge in [-0.2, -0.15) is 0 Å². The van der Waals surface area contributed by atoms with E-state index >= 15 is 0 Å².